The monoisotopic (exact) mass is 337 g/mol. The lowest BCUT2D eigenvalue weighted by Crippen LogP contribution is -2.19. The molecule has 1 aromatic carbocycles. The zero-order valence-corrected chi connectivity index (χ0v) is 14.9. The second-order valence-electron chi connectivity index (χ2n) is 6.20. The third-order valence-electron chi connectivity index (χ3n) is 3.91. The fourth-order valence-corrected chi connectivity index (χ4v) is 2.53. The Hall–Kier alpha value is -2.73. The Bertz CT molecular complexity index is 850. The topological polar surface area (TPSA) is 63.2 Å². The van der Waals surface area contributed by atoms with Gasteiger partial charge in [-0.15, -0.1) is 0 Å². The number of hydrogen-bond acceptors (Lipinski definition) is 6. The van der Waals surface area contributed by atoms with E-state index >= 15 is 0 Å². The van der Waals surface area contributed by atoms with E-state index in [0.29, 0.717) is 19.0 Å². The summed E-state index contributed by atoms with van der Waals surface area (Å²) in [5.41, 5.74) is 3.21. The second-order valence-corrected chi connectivity index (χ2v) is 6.20. The molecule has 6 nitrogen and oxygen atoms in total. The third kappa shape index (κ3) is 4.42. The predicted octanol–water partition coefficient (Wildman–Crippen LogP) is 2.89. The van der Waals surface area contributed by atoms with E-state index in [0.717, 1.165) is 34.4 Å². The number of fused-ring (bicyclic) bond motifs is 1. The number of aryl methyl sites for hydroxylation is 1. The lowest BCUT2D eigenvalue weighted by atomic mass is 10.1. The van der Waals surface area contributed by atoms with Gasteiger partial charge in [-0.1, -0.05) is 12.1 Å². The van der Waals surface area contributed by atoms with Gasteiger partial charge in [0.2, 0.25) is 5.88 Å². The first-order valence-corrected chi connectivity index (χ1v) is 8.30. The quantitative estimate of drug-likeness (QED) is 0.715. The number of likely N-dealkylation sites (N-methyl/N-ethyl adjacent to an activating group) is 1. The smallest absolute Gasteiger partial charge is 0.213 e. The Morgan fingerprint density at radius 3 is 2.84 bits per heavy atom. The SMILES string of the molecule is Cc1cccc2c(NCc3ccnc(OCCN(C)C)c3)ncnc12. The molecule has 0 spiro atoms. The molecule has 2 aromatic heterocycles. The average molecular weight is 337 g/mol. The molecule has 1 N–H and O–H groups in total. The van der Waals surface area contributed by atoms with Crippen LogP contribution < -0.4 is 10.1 Å². The minimum Gasteiger partial charge on any atom is -0.476 e. The molecule has 0 aliphatic heterocycles. The molecule has 0 saturated heterocycles. The van der Waals surface area contributed by atoms with Crippen molar-refractivity contribution in [3.05, 3.63) is 54.0 Å². The van der Waals surface area contributed by atoms with Crippen molar-refractivity contribution in [3.63, 3.8) is 0 Å². The molecule has 25 heavy (non-hydrogen) atoms. The van der Waals surface area contributed by atoms with Gasteiger partial charge in [-0.25, -0.2) is 15.0 Å². The van der Waals surface area contributed by atoms with Crippen LogP contribution in [0.15, 0.2) is 42.9 Å². The highest BCUT2D eigenvalue weighted by Crippen LogP contribution is 2.22. The Morgan fingerprint density at radius 2 is 2.00 bits per heavy atom. The maximum atomic E-state index is 5.69. The van der Waals surface area contributed by atoms with Crippen molar-refractivity contribution in [3.8, 4) is 5.88 Å². The van der Waals surface area contributed by atoms with Gasteiger partial charge in [-0.05, 0) is 44.3 Å². The van der Waals surface area contributed by atoms with Gasteiger partial charge >= 0.3 is 0 Å². The van der Waals surface area contributed by atoms with E-state index in [9.17, 15) is 0 Å². The summed E-state index contributed by atoms with van der Waals surface area (Å²) in [5, 5.41) is 4.42. The summed E-state index contributed by atoms with van der Waals surface area (Å²) in [6.07, 6.45) is 3.37. The molecule has 2 heterocycles. The van der Waals surface area contributed by atoms with Crippen LogP contribution >= 0.6 is 0 Å². The standard InChI is InChI=1S/C19H23N5O/c1-14-5-4-6-16-18(14)22-13-23-19(16)21-12-15-7-8-20-17(11-15)25-10-9-24(2)3/h4-8,11,13H,9-10,12H2,1-3H3,(H,21,22,23). The molecule has 130 valence electrons. The normalized spacial score (nSPS) is 11.0. The molecule has 3 rings (SSSR count). The molecule has 0 radical (unpaired) electrons. The minimum atomic E-state index is 0.618. The van der Waals surface area contributed by atoms with E-state index in [1.54, 1.807) is 12.5 Å². The van der Waals surface area contributed by atoms with Crippen molar-refractivity contribution in [1.29, 1.82) is 0 Å². The third-order valence-corrected chi connectivity index (χ3v) is 3.91. The maximum absolute atomic E-state index is 5.69. The van der Waals surface area contributed by atoms with E-state index in [1.165, 1.54) is 0 Å². The molecule has 0 aliphatic carbocycles. The van der Waals surface area contributed by atoms with Crippen molar-refractivity contribution < 1.29 is 4.74 Å². The average Bonchev–Trinajstić information content (AvgIpc) is 2.60. The van der Waals surface area contributed by atoms with Gasteiger partial charge in [0.1, 0.15) is 18.8 Å². The predicted molar refractivity (Wildman–Crippen MR) is 99.9 cm³/mol. The number of benzene rings is 1. The van der Waals surface area contributed by atoms with Crippen molar-refractivity contribution in [2.75, 3.05) is 32.6 Å². The van der Waals surface area contributed by atoms with Gasteiger partial charge in [0.25, 0.3) is 0 Å². The van der Waals surface area contributed by atoms with Gasteiger partial charge < -0.3 is 15.0 Å². The van der Waals surface area contributed by atoms with Crippen molar-refractivity contribution in [1.82, 2.24) is 19.9 Å². The zero-order valence-electron chi connectivity index (χ0n) is 14.9. The van der Waals surface area contributed by atoms with Crippen LogP contribution in [0.1, 0.15) is 11.1 Å². The molecule has 0 atom stereocenters. The van der Waals surface area contributed by atoms with Gasteiger partial charge in [-0.3, -0.25) is 0 Å². The highest BCUT2D eigenvalue weighted by atomic mass is 16.5. The summed E-state index contributed by atoms with van der Waals surface area (Å²) < 4.78 is 5.69. The van der Waals surface area contributed by atoms with Gasteiger partial charge in [0, 0.05) is 30.7 Å². The van der Waals surface area contributed by atoms with Crippen LogP contribution in [0.3, 0.4) is 0 Å². The number of para-hydroxylation sites is 1. The van der Waals surface area contributed by atoms with Crippen LogP contribution in [-0.2, 0) is 6.54 Å². The highest BCUT2D eigenvalue weighted by molar-refractivity contribution is 5.90. The lowest BCUT2D eigenvalue weighted by Gasteiger charge is -2.12. The number of nitrogens with zero attached hydrogens (tertiary/aromatic N) is 4. The van der Waals surface area contributed by atoms with Crippen LogP contribution in [0, 0.1) is 6.92 Å². The zero-order chi connectivity index (χ0) is 17.6. The number of ether oxygens (including phenoxy) is 1. The van der Waals surface area contributed by atoms with Gasteiger partial charge in [0.05, 0.1) is 5.52 Å². The minimum absolute atomic E-state index is 0.618. The first kappa shape index (κ1) is 17.1. The first-order chi connectivity index (χ1) is 12.1. The molecule has 0 amide bonds. The van der Waals surface area contributed by atoms with E-state index in [1.807, 2.05) is 38.4 Å². The molecule has 0 unspecified atom stereocenters. The number of hydrogen-bond donors (Lipinski definition) is 1. The summed E-state index contributed by atoms with van der Waals surface area (Å²) >= 11 is 0. The summed E-state index contributed by atoms with van der Waals surface area (Å²) in [5.74, 6) is 1.48. The van der Waals surface area contributed by atoms with E-state index < -0.39 is 0 Å². The molecule has 0 aliphatic rings. The summed E-state index contributed by atoms with van der Waals surface area (Å²) in [7, 11) is 4.04. The first-order valence-electron chi connectivity index (χ1n) is 8.30. The Morgan fingerprint density at radius 1 is 1.12 bits per heavy atom. The lowest BCUT2D eigenvalue weighted by molar-refractivity contribution is 0.253. The van der Waals surface area contributed by atoms with Crippen molar-refractivity contribution >= 4 is 16.7 Å². The summed E-state index contributed by atoms with van der Waals surface area (Å²) in [6.45, 7) is 4.18. The number of nitrogens with one attached hydrogen (secondary N) is 1. The van der Waals surface area contributed by atoms with Crippen molar-refractivity contribution in [2.45, 2.75) is 13.5 Å². The van der Waals surface area contributed by atoms with Crippen LogP contribution in [0.4, 0.5) is 5.82 Å². The molecule has 3 aromatic rings. The molecule has 0 saturated carbocycles. The van der Waals surface area contributed by atoms with E-state index in [2.05, 4.69) is 38.2 Å². The van der Waals surface area contributed by atoms with Crippen LogP contribution in [-0.4, -0.2) is 47.1 Å². The largest absolute Gasteiger partial charge is 0.476 e. The van der Waals surface area contributed by atoms with E-state index in [4.69, 9.17) is 4.74 Å². The molecule has 0 fully saturated rings. The molecular formula is C19H23N5O. The Labute approximate surface area is 147 Å². The van der Waals surface area contributed by atoms with Gasteiger partial charge in [-0.2, -0.15) is 0 Å². The number of anilines is 1. The Kier molecular flexibility index (Phi) is 5.40. The molecule has 6 heteroatoms. The fourth-order valence-electron chi connectivity index (χ4n) is 2.53. The molecular weight excluding hydrogens is 314 g/mol. The van der Waals surface area contributed by atoms with Crippen LogP contribution in [0.5, 0.6) is 5.88 Å². The van der Waals surface area contributed by atoms with Crippen LogP contribution in [0.2, 0.25) is 0 Å². The van der Waals surface area contributed by atoms with Crippen LogP contribution in [0.25, 0.3) is 10.9 Å². The number of rotatable bonds is 7. The number of aromatic nitrogens is 3. The number of pyridine rings is 1. The summed E-state index contributed by atoms with van der Waals surface area (Å²) in [6, 6.07) is 10.0. The van der Waals surface area contributed by atoms with Gasteiger partial charge in [0.15, 0.2) is 0 Å². The van der Waals surface area contributed by atoms with E-state index in [-0.39, 0.29) is 0 Å². The second kappa shape index (κ2) is 7.90. The summed E-state index contributed by atoms with van der Waals surface area (Å²) in [4.78, 5) is 15.1. The Balaban J connectivity index is 1.69. The van der Waals surface area contributed by atoms with Crippen molar-refractivity contribution in [2.24, 2.45) is 0 Å². The maximum Gasteiger partial charge on any atom is 0.213 e. The highest BCUT2D eigenvalue weighted by Gasteiger charge is 2.06. The fraction of sp³-hybridized carbons (Fsp3) is 0.316. The molecule has 0 bridgehead atoms.